The van der Waals surface area contributed by atoms with Crippen LogP contribution < -0.4 is 0 Å². The number of ether oxygens (including phenoxy) is 2. The van der Waals surface area contributed by atoms with Gasteiger partial charge in [0, 0.05) is 6.04 Å². The van der Waals surface area contributed by atoms with Gasteiger partial charge < -0.3 is 9.47 Å². The zero-order valence-corrected chi connectivity index (χ0v) is 18.0. The maximum absolute atomic E-state index is 13.0. The average molecular weight is 388 g/mol. The second kappa shape index (κ2) is 7.76. The topological polar surface area (TPSA) is 55.8 Å². The van der Waals surface area contributed by atoms with Crippen molar-refractivity contribution in [3.05, 3.63) is 34.9 Å². The zero-order chi connectivity index (χ0) is 20.6. The molecular weight excluding hydrogens is 354 g/mol. The Morgan fingerprint density at radius 1 is 1.11 bits per heavy atom. The fraction of sp³-hybridized carbons (Fsp3) is 0.652. The summed E-state index contributed by atoms with van der Waals surface area (Å²) in [6.45, 7) is 9.82. The summed E-state index contributed by atoms with van der Waals surface area (Å²) in [5.41, 5.74) is 3.32. The third-order valence-electron chi connectivity index (χ3n) is 6.12. The number of rotatable bonds is 2. The fourth-order valence-electron chi connectivity index (χ4n) is 4.95. The molecule has 2 fully saturated rings. The van der Waals surface area contributed by atoms with Crippen molar-refractivity contribution < 1.29 is 19.1 Å². The number of amides is 1. The second-order valence-corrected chi connectivity index (χ2v) is 9.36. The van der Waals surface area contributed by atoms with E-state index in [0.717, 1.165) is 19.3 Å². The summed E-state index contributed by atoms with van der Waals surface area (Å²) in [6, 6.07) is 6.07. The lowest BCUT2D eigenvalue weighted by Gasteiger charge is -2.38. The molecule has 5 nitrogen and oxygen atoms in total. The van der Waals surface area contributed by atoms with Crippen molar-refractivity contribution in [2.45, 2.75) is 83.9 Å². The van der Waals surface area contributed by atoms with Gasteiger partial charge in [0.15, 0.2) is 0 Å². The summed E-state index contributed by atoms with van der Waals surface area (Å²) in [5, 5.41) is 0. The standard InChI is InChI=1S/C23H33NO4/c1-14-7-10-18(15(2)11-14)16-8-9-17-13-20(21(25)27-6)24(19(17)12-16)22(26)28-23(3,4)5/h7,10-11,16-17,19-20H,8-9,12-13H2,1-6H3/t16-,17-,19-,20-/m0/s1. The van der Waals surface area contributed by atoms with Crippen LogP contribution in [0.4, 0.5) is 4.79 Å². The first-order chi connectivity index (χ1) is 13.1. The summed E-state index contributed by atoms with van der Waals surface area (Å²) >= 11 is 0. The maximum atomic E-state index is 13.0. The van der Waals surface area contributed by atoms with Crippen LogP contribution in [0, 0.1) is 19.8 Å². The van der Waals surface area contributed by atoms with Crippen LogP contribution in [-0.4, -0.2) is 41.8 Å². The van der Waals surface area contributed by atoms with Crippen molar-refractivity contribution in [1.29, 1.82) is 0 Å². The van der Waals surface area contributed by atoms with Gasteiger partial charge >= 0.3 is 12.1 Å². The molecule has 0 N–H and O–H groups in total. The molecule has 1 saturated heterocycles. The normalized spacial score (nSPS) is 27.3. The summed E-state index contributed by atoms with van der Waals surface area (Å²) in [4.78, 5) is 27.1. The lowest BCUT2D eigenvalue weighted by molar-refractivity contribution is -0.146. The zero-order valence-electron chi connectivity index (χ0n) is 18.0. The maximum Gasteiger partial charge on any atom is 0.411 e. The molecule has 0 spiro atoms. The number of hydrogen-bond acceptors (Lipinski definition) is 4. The Kier molecular flexibility index (Phi) is 5.74. The number of methoxy groups -OCH3 is 1. The first-order valence-electron chi connectivity index (χ1n) is 10.3. The number of fused-ring (bicyclic) bond motifs is 1. The highest BCUT2D eigenvalue weighted by Crippen LogP contribution is 2.46. The first-order valence-corrected chi connectivity index (χ1v) is 10.3. The largest absolute Gasteiger partial charge is 0.467 e. The van der Waals surface area contributed by atoms with Gasteiger partial charge in [-0.05, 0) is 83.3 Å². The number of aryl methyl sites for hydroxylation is 2. The predicted molar refractivity (Wildman–Crippen MR) is 108 cm³/mol. The van der Waals surface area contributed by atoms with Crippen LogP contribution in [0.15, 0.2) is 18.2 Å². The van der Waals surface area contributed by atoms with Gasteiger partial charge in [-0.2, -0.15) is 0 Å². The molecule has 2 aliphatic rings. The Morgan fingerprint density at radius 3 is 2.43 bits per heavy atom. The summed E-state index contributed by atoms with van der Waals surface area (Å²) in [5.74, 6) is 0.366. The van der Waals surface area contributed by atoms with Crippen LogP contribution >= 0.6 is 0 Å². The third-order valence-corrected chi connectivity index (χ3v) is 6.12. The van der Waals surface area contributed by atoms with Crippen LogP contribution in [0.5, 0.6) is 0 Å². The van der Waals surface area contributed by atoms with E-state index in [2.05, 4.69) is 32.0 Å². The molecule has 1 aromatic carbocycles. The molecule has 28 heavy (non-hydrogen) atoms. The minimum Gasteiger partial charge on any atom is -0.467 e. The molecule has 1 heterocycles. The van der Waals surface area contributed by atoms with Gasteiger partial charge in [0.05, 0.1) is 7.11 Å². The van der Waals surface area contributed by atoms with E-state index in [4.69, 9.17) is 9.47 Å². The van der Waals surface area contributed by atoms with Gasteiger partial charge in [0.2, 0.25) is 0 Å². The highest BCUT2D eigenvalue weighted by atomic mass is 16.6. The van der Waals surface area contributed by atoms with Gasteiger partial charge in [-0.15, -0.1) is 0 Å². The lowest BCUT2D eigenvalue weighted by Crippen LogP contribution is -2.49. The fourth-order valence-corrected chi connectivity index (χ4v) is 4.95. The second-order valence-electron chi connectivity index (χ2n) is 9.36. The van der Waals surface area contributed by atoms with Crippen molar-refractivity contribution in [3.63, 3.8) is 0 Å². The van der Waals surface area contributed by atoms with E-state index in [-0.39, 0.29) is 12.0 Å². The minimum absolute atomic E-state index is 0.0124. The van der Waals surface area contributed by atoms with Crippen LogP contribution in [0.1, 0.15) is 69.1 Å². The molecule has 154 valence electrons. The number of nitrogens with zero attached hydrogens (tertiary/aromatic N) is 1. The number of carbonyl (C=O) groups is 2. The number of esters is 1. The first kappa shape index (κ1) is 20.7. The van der Waals surface area contributed by atoms with Crippen molar-refractivity contribution in [2.75, 3.05) is 7.11 Å². The van der Waals surface area contributed by atoms with Gasteiger partial charge in [-0.1, -0.05) is 23.8 Å². The van der Waals surface area contributed by atoms with Crippen LogP contribution in [-0.2, 0) is 14.3 Å². The molecule has 1 amide bonds. The van der Waals surface area contributed by atoms with Gasteiger partial charge in [-0.25, -0.2) is 9.59 Å². The van der Waals surface area contributed by atoms with E-state index in [1.807, 2.05) is 20.8 Å². The van der Waals surface area contributed by atoms with Crippen molar-refractivity contribution in [1.82, 2.24) is 4.90 Å². The Bertz CT molecular complexity index is 751. The number of likely N-dealkylation sites (tertiary alicyclic amines) is 1. The monoisotopic (exact) mass is 387 g/mol. The lowest BCUT2D eigenvalue weighted by atomic mass is 9.74. The average Bonchev–Trinajstić information content (AvgIpc) is 2.98. The molecule has 0 radical (unpaired) electrons. The Hall–Kier alpha value is -2.04. The molecule has 5 heteroatoms. The highest BCUT2D eigenvalue weighted by molar-refractivity contribution is 5.82. The van der Waals surface area contributed by atoms with Gasteiger partial charge in [0.1, 0.15) is 11.6 Å². The van der Waals surface area contributed by atoms with E-state index in [1.54, 1.807) is 4.90 Å². The Morgan fingerprint density at radius 2 is 1.82 bits per heavy atom. The third kappa shape index (κ3) is 4.18. The molecule has 1 aromatic rings. The molecule has 1 aliphatic carbocycles. The highest BCUT2D eigenvalue weighted by Gasteiger charge is 2.51. The molecule has 0 aromatic heterocycles. The summed E-state index contributed by atoms with van der Waals surface area (Å²) in [7, 11) is 1.38. The van der Waals surface area contributed by atoms with Crippen molar-refractivity contribution in [3.8, 4) is 0 Å². The number of benzene rings is 1. The van der Waals surface area contributed by atoms with E-state index in [1.165, 1.54) is 23.8 Å². The molecule has 1 aliphatic heterocycles. The van der Waals surface area contributed by atoms with Gasteiger partial charge in [-0.3, -0.25) is 4.90 Å². The Labute approximate surface area is 168 Å². The van der Waals surface area contributed by atoms with Gasteiger partial charge in [0.25, 0.3) is 0 Å². The molecule has 0 unspecified atom stereocenters. The molecular formula is C23H33NO4. The van der Waals surface area contributed by atoms with E-state index in [0.29, 0.717) is 18.3 Å². The predicted octanol–water partition coefficient (Wildman–Crippen LogP) is 4.74. The van der Waals surface area contributed by atoms with E-state index >= 15 is 0 Å². The number of carbonyl (C=O) groups excluding carboxylic acids is 2. The minimum atomic E-state index is -0.600. The Balaban J connectivity index is 1.87. The van der Waals surface area contributed by atoms with Crippen LogP contribution in [0.2, 0.25) is 0 Å². The molecule has 4 atom stereocenters. The van der Waals surface area contributed by atoms with Crippen LogP contribution in [0.25, 0.3) is 0 Å². The van der Waals surface area contributed by atoms with E-state index in [9.17, 15) is 9.59 Å². The van der Waals surface area contributed by atoms with Crippen molar-refractivity contribution in [2.24, 2.45) is 5.92 Å². The van der Waals surface area contributed by atoms with Crippen molar-refractivity contribution >= 4 is 12.1 Å². The molecule has 1 saturated carbocycles. The molecule has 0 bridgehead atoms. The van der Waals surface area contributed by atoms with Crippen LogP contribution in [0.3, 0.4) is 0 Å². The quantitative estimate of drug-likeness (QED) is 0.688. The SMILES string of the molecule is COC(=O)[C@@H]1C[C@@H]2CC[C@H](c3ccc(C)cc3C)C[C@@H]2N1C(=O)OC(C)(C)C. The summed E-state index contributed by atoms with van der Waals surface area (Å²) < 4.78 is 10.7. The van der Waals surface area contributed by atoms with E-state index < -0.39 is 17.7 Å². The molecule has 3 rings (SSSR count). The smallest absolute Gasteiger partial charge is 0.411 e. The number of hydrogen-bond donors (Lipinski definition) is 0. The summed E-state index contributed by atoms with van der Waals surface area (Å²) in [6.07, 6.45) is 3.21.